The van der Waals surface area contributed by atoms with Gasteiger partial charge in [0.25, 0.3) is 0 Å². The maximum atomic E-state index is 6.40. The summed E-state index contributed by atoms with van der Waals surface area (Å²) in [6, 6.07) is 0.263. The molecule has 0 radical (unpaired) electrons. The van der Waals surface area contributed by atoms with Crippen LogP contribution in [0, 0.1) is 11.8 Å². The van der Waals surface area contributed by atoms with Crippen molar-refractivity contribution in [2.24, 2.45) is 17.6 Å². The summed E-state index contributed by atoms with van der Waals surface area (Å²) in [4.78, 5) is 4.29. The number of imidazole rings is 1. The quantitative estimate of drug-likeness (QED) is 0.853. The molecule has 0 bridgehead atoms. The lowest BCUT2D eigenvalue weighted by Crippen LogP contribution is -2.28. The highest BCUT2D eigenvalue weighted by Gasteiger charge is 2.28. The van der Waals surface area contributed by atoms with E-state index < -0.39 is 0 Å². The lowest BCUT2D eigenvalue weighted by Gasteiger charge is -2.27. The van der Waals surface area contributed by atoms with Crippen molar-refractivity contribution in [1.29, 1.82) is 0 Å². The standard InChI is InChI=1S/C14H25N3O2/c1-10(2)13(8-18-3)17-9-16-6-12(17)14(15)11-4-5-19-7-11/h6,9-11,13-14H,4-5,7-8,15H2,1-3H3. The maximum Gasteiger partial charge on any atom is 0.0952 e. The molecule has 2 rings (SSSR count). The molecule has 1 aliphatic heterocycles. The Morgan fingerprint density at radius 2 is 2.37 bits per heavy atom. The van der Waals surface area contributed by atoms with E-state index in [0.717, 1.165) is 25.3 Å². The van der Waals surface area contributed by atoms with Crippen LogP contribution < -0.4 is 5.73 Å². The Balaban J connectivity index is 2.19. The molecule has 0 spiro atoms. The topological polar surface area (TPSA) is 62.3 Å². The van der Waals surface area contributed by atoms with Crippen LogP contribution in [0.25, 0.3) is 0 Å². The number of rotatable bonds is 6. The zero-order valence-corrected chi connectivity index (χ0v) is 12.1. The van der Waals surface area contributed by atoms with Crippen molar-refractivity contribution in [1.82, 2.24) is 9.55 Å². The van der Waals surface area contributed by atoms with Gasteiger partial charge >= 0.3 is 0 Å². The second-order valence-corrected chi connectivity index (χ2v) is 5.64. The number of methoxy groups -OCH3 is 1. The van der Waals surface area contributed by atoms with Gasteiger partial charge in [-0.3, -0.25) is 0 Å². The zero-order chi connectivity index (χ0) is 13.8. The van der Waals surface area contributed by atoms with E-state index in [0.29, 0.717) is 18.4 Å². The first-order valence-electron chi connectivity index (χ1n) is 6.99. The van der Waals surface area contributed by atoms with E-state index >= 15 is 0 Å². The maximum absolute atomic E-state index is 6.40. The van der Waals surface area contributed by atoms with Crippen LogP contribution in [0.1, 0.15) is 38.0 Å². The Morgan fingerprint density at radius 3 is 2.95 bits per heavy atom. The second kappa shape index (κ2) is 6.50. The number of nitrogens with zero attached hydrogens (tertiary/aromatic N) is 2. The minimum Gasteiger partial charge on any atom is -0.383 e. The largest absolute Gasteiger partial charge is 0.383 e. The molecule has 0 amide bonds. The first-order chi connectivity index (χ1) is 9.15. The van der Waals surface area contributed by atoms with Crippen LogP contribution in [0.3, 0.4) is 0 Å². The molecule has 5 nitrogen and oxygen atoms in total. The summed E-state index contributed by atoms with van der Waals surface area (Å²) >= 11 is 0. The van der Waals surface area contributed by atoms with Crippen molar-refractivity contribution in [3.8, 4) is 0 Å². The van der Waals surface area contributed by atoms with Gasteiger partial charge in [0.05, 0.1) is 37.3 Å². The number of ether oxygens (including phenoxy) is 2. The van der Waals surface area contributed by atoms with Crippen molar-refractivity contribution >= 4 is 0 Å². The van der Waals surface area contributed by atoms with Crippen molar-refractivity contribution in [2.75, 3.05) is 26.9 Å². The number of aromatic nitrogens is 2. The van der Waals surface area contributed by atoms with Crippen molar-refractivity contribution < 1.29 is 9.47 Å². The molecule has 19 heavy (non-hydrogen) atoms. The highest BCUT2D eigenvalue weighted by atomic mass is 16.5. The molecule has 0 saturated carbocycles. The second-order valence-electron chi connectivity index (χ2n) is 5.64. The molecule has 1 aliphatic rings. The van der Waals surface area contributed by atoms with Gasteiger partial charge in [0.15, 0.2) is 0 Å². The molecular weight excluding hydrogens is 242 g/mol. The molecule has 1 saturated heterocycles. The van der Waals surface area contributed by atoms with Crippen molar-refractivity contribution in [3.05, 3.63) is 18.2 Å². The van der Waals surface area contributed by atoms with Crippen LogP contribution in [0.15, 0.2) is 12.5 Å². The fraction of sp³-hybridized carbons (Fsp3) is 0.786. The molecule has 1 fully saturated rings. The summed E-state index contributed by atoms with van der Waals surface area (Å²) < 4.78 is 13.0. The third-order valence-electron chi connectivity index (χ3n) is 3.97. The predicted molar refractivity (Wildman–Crippen MR) is 73.8 cm³/mol. The van der Waals surface area contributed by atoms with Gasteiger partial charge in [0.1, 0.15) is 0 Å². The summed E-state index contributed by atoms with van der Waals surface area (Å²) in [5.74, 6) is 0.866. The Morgan fingerprint density at radius 1 is 1.58 bits per heavy atom. The number of nitrogens with two attached hydrogens (primary N) is 1. The van der Waals surface area contributed by atoms with Gasteiger partial charge in [-0.1, -0.05) is 13.8 Å². The monoisotopic (exact) mass is 267 g/mol. The molecule has 2 heterocycles. The van der Waals surface area contributed by atoms with Crippen LogP contribution in [0.2, 0.25) is 0 Å². The van der Waals surface area contributed by atoms with Gasteiger partial charge in [0.2, 0.25) is 0 Å². The third kappa shape index (κ3) is 3.16. The highest BCUT2D eigenvalue weighted by molar-refractivity contribution is 5.08. The van der Waals surface area contributed by atoms with E-state index in [1.165, 1.54) is 0 Å². The molecule has 1 aromatic rings. The Bertz CT molecular complexity index is 386. The van der Waals surface area contributed by atoms with Crippen molar-refractivity contribution in [2.45, 2.75) is 32.4 Å². The Kier molecular flexibility index (Phi) is 4.96. The van der Waals surface area contributed by atoms with E-state index in [1.54, 1.807) is 7.11 Å². The highest BCUT2D eigenvalue weighted by Crippen LogP contribution is 2.29. The molecule has 3 unspecified atom stereocenters. The molecule has 5 heteroatoms. The van der Waals surface area contributed by atoms with Gasteiger partial charge < -0.3 is 19.8 Å². The van der Waals surface area contributed by atoms with Gasteiger partial charge in [-0.25, -0.2) is 4.98 Å². The summed E-state index contributed by atoms with van der Waals surface area (Å²) in [5.41, 5.74) is 7.49. The smallest absolute Gasteiger partial charge is 0.0952 e. The number of hydrogen-bond donors (Lipinski definition) is 1. The Hall–Kier alpha value is -0.910. The fourth-order valence-corrected chi connectivity index (χ4v) is 2.69. The SMILES string of the molecule is COCC(C(C)C)n1cncc1C(N)C1CCOC1. The molecular formula is C14H25N3O2. The summed E-state index contributed by atoms with van der Waals surface area (Å²) in [6.07, 6.45) is 4.78. The van der Waals surface area contributed by atoms with Crippen LogP contribution >= 0.6 is 0 Å². The molecule has 0 aliphatic carbocycles. The van der Waals surface area contributed by atoms with E-state index in [4.69, 9.17) is 15.2 Å². The molecule has 1 aromatic heterocycles. The summed E-state index contributed by atoms with van der Waals surface area (Å²) in [7, 11) is 1.73. The Labute approximate surface area is 115 Å². The van der Waals surface area contributed by atoms with E-state index in [9.17, 15) is 0 Å². The van der Waals surface area contributed by atoms with E-state index in [2.05, 4.69) is 23.4 Å². The first-order valence-corrected chi connectivity index (χ1v) is 6.99. The van der Waals surface area contributed by atoms with Crippen molar-refractivity contribution in [3.63, 3.8) is 0 Å². The molecule has 108 valence electrons. The van der Waals surface area contributed by atoms with Gasteiger partial charge in [-0.05, 0) is 12.3 Å². The fourth-order valence-electron chi connectivity index (χ4n) is 2.69. The zero-order valence-electron chi connectivity index (χ0n) is 12.1. The lowest BCUT2D eigenvalue weighted by molar-refractivity contribution is 0.129. The minimum atomic E-state index is -0.0110. The summed E-state index contributed by atoms with van der Waals surface area (Å²) in [5, 5.41) is 0. The van der Waals surface area contributed by atoms with Crippen LogP contribution in [0.4, 0.5) is 0 Å². The van der Waals surface area contributed by atoms with Crippen LogP contribution in [0.5, 0.6) is 0 Å². The normalized spacial score (nSPS) is 22.9. The van der Waals surface area contributed by atoms with Gasteiger partial charge in [0, 0.05) is 25.8 Å². The lowest BCUT2D eigenvalue weighted by atomic mass is 9.96. The molecule has 2 N–H and O–H groups in total. The average molecular weight is 267 g/mol. The average Bonchev–Trinajstić information content (AvgIpc) is 3.05. The van der Waals surface area contributed by atoms with Gasteiger partial charge in [-0.2, -0.15) is 0 Å². The molecule has 3 atom stereocenters. The van der Waals surface area contributed by atoms with E-state index in [-0.39, 0.29) is 12.1 Å². The third-order valence-corrected chi connectivity index (χ3v) is 3.97. The molecule has 0 aromatic carbocycles. The summed E-state index contributed by atoms with van der Waals surface area (Å²) in [6.45, 7) is 6.63. The number of hydrogen-bond acceptors (Lipinski definition) is 4. The van der Waals surface area contributed by atoms with E-state index in [1.807, 2.05) is 12.5 Å². The predicted octanol–water partition coefficient (Wildman–Crippen LogP) is 1.76. The minimum absolute atomic E-state index is 0.0110. The van der Waals surface area contributed by atoms with Crippen LogP contribution in [-0.2, 0) is 9.47 Å². The van der Waals surface area contributed by atoms with Crippen LogP contribution in [-0.4, -0.2) is 36.5 Å². The van der Waals surface area contributed by atoms with Gasteiger partial charge in [-0.15, -0.1) is 0 Å². The first kappa shape index (κ1) is 14.5.